The second kappa shape index (κ2) is 10.5. The van der Waals surface area contributed by atoms with E-state index in [0.717, 1.165) is 17.1 Å². The van der Waals surface area contributed by atoms with Gasteiger partial charge in [-0.3, -0.25) is 15.1 Å². The first-order valence-electron chi connectivity index (χ1n) is 9.06. The molecule has 1 saturated heterocycles. The summed E-state index contributed by atoms with van der Waals surface area (Å²) in [6.07, 6.45) is -0.191. The summed E-state index contributed by atoms with van der Waals surface area (Å²) in [7, 11) is 1.71. The van der Waals surface area contributed by atoms with Crippen molar-refractivity contribution in [3.05, 3.63) is 75.6 Å². The largest absolute Gasteiger partial charge is 0.367 e. The summed E-state index contributed by atoms with van der Waals surface area (Å²) in [4.78, 5) is 16.8. The molecule has 2 aromatic carbocycles. The number of morpholine rings is 1. The molecule has 0 amide bonds. The van der Waals surface area contributed by atoms with Gasteiger partial charge in [0, 0.05) is 32.3 Å². The molecule has 3 rings (SSSR count). The van der Waals surface area contributed by atoms with Crippen molar-refractivity contribution in [2.24, 2.45) is 4.99 Å². The summed E-state index contributed by atoms with van der Waals surface area (Å²) in [6, 6.07) is 12.8. The van der Waals surface area contributed by atoms with E-state index in [1.54, 1.807) is 31.3 Å². The Balaban J connectivity index is 0.00000300. The van der Waals surface area contributed by atoms with E-state index in [0.29, 0.717) is 19.6 Å². The van der Waals surface area contributed by atoms with Gasteiger partial charge in [-0.1, -0.05) is 24.3 Å². The highest BCUT2D eigenvalue weighted by Crippen LogP contribution is 2.25. The van der Waals surface area contributed by atoms with Gasteiger partial charge < -0.3 is 15.0 Å². The number of nitro groups is 1. The number of hydrogen-bond donors (Lipinski definition) is 1. The van der Waals surface area contributed by atoms with E-state index in [-0.39, 0.29) is 47.7 Å². The average Bonchev–Trinajstić information content (AvgIpc) is 2.69. The predicted octanol–water partition coefficient (Wildman–Crippen LogP) is 3.89. The highest BCUT2D eigenvalue weighted by Gasteiger charge is 2.28. The standard InChI is InChI=1S/C20H23FN4O3.HI/c1-14-12-24(13-19(28-14)16-5-7-17(21)8-6-16)20(22-2)23-11-15-3-9-18(10-4-15)25(26)27;/h3-10,14,19H,11-13H2,1-2H3,(H,22,23);1H. The zero-order chi connectivity index (χ0) is 20.1. The summed E-state index contributed by atoms with van der Waals surface area (Å²) in [5.41, 5.74) is 1.91. The molecule has 156 valence electrons. The summed E-state index contributed by atoms with van der Waals surface area (Å²) in [5, 5.41) is 14.1. The molecule has 1 heterocycles. The maximum Gasteiger partial charge on any atom is 0.269 e. The van der Waals surface area contributed by atoms with E-state index in [1.165, 1.54) is 24.3 Å². The van der Waals surface area contributed by atoms with Gasteiger partial charge in [0.25, 0.3) is 5.69 Å². The third-order valence-electron chi connectivity index (χ3n) is 4.61. The number of hydrogen-bond acceptors (Lipinski definition) is 4. The molecule has 0 saturated carbocycles. The highest BCUT2D eigenvalue weighted by molar-refractivity contribution is 14.0. The van der Waals surface area contributed by atoms with E-state index < -0.39 is 4.92 Å². The lowest BCUT2D eigenvalue weighted by atomic mass is 10.1. The molecule has 0 radical (unpaired) electrons. The average molecular weight is 514 g/mol. The van der Waals surface area contributed by atoms with Gasteiger partial charge in [-0.15, -0.1) is 24.0 Å². The molecule has 1 fully saturated rings. The van der Waals surface area contributed by atoms with E-state index in [9.17, 15) is 14.5 Å². The monoisotopic (exact) mass is 514 g/mol. The van der Waals surface area contributed by atoms with Crippen molar-refractivity contribution in [3.8, 4) is 0 Å². The maximum atomic E-state index is 13.2. The number of ether oxygens (including phenoxy) is 1. The van der Waals surface area contributed by atoms with Gasteiger partial charge >= 0.3 is 0 Å². The van der Waals surface area contributed by atoms with Gasteiger partial charge in [0.05, 0.1) is 17.6 Å². The van der Waals surface area contributed by atoms with Gasteiger partial charge in [-0.05, 0) is 30.2 Å². The first kappa shape index (κ1) is 23.0. The van der Waals surface area contributed by atoms with E-state index in [4.69, 9.17) is 4.74 Å². The van der Waals surface area contributed by atoms with Crippen LogP contribution in [0.5, 0.6) is 0 Å². The minimum absolute atomic E-state index is 0. The normalized spacial score (nSPS) is 19.4. The van der Waals surface area contributed by atoms with Crippen LogP contribution in [0, 0.1) is 15.9 Å². The summed E-state index contributed by atoms with van der Waals surface area (Å²) < 4.78 is 19.2. The second-order valence-corrected chi connectivity index (χ2v) is 6.72. The van der Waals surface area contributed by atoms with Gasteiger partial charge in [0.15, 0.2) is 5.96 Å². The number of benzene rings is 2. The Hall–Kier alpha value is -2.27. The van der Waals surface area contributed by atoms with Crippen molar-refractivity contribution in [1.82, 2.24) is 10.2 Å². The van der Waals surface area contributed by atoms with Crippen molar-refractivity contribution in [2.75, 3.05) is 20.1 Å². The highest BCUT2D eigenvalue weighted by atomic mass is 127. The van der Waals surface area contributed by atoms with Gasteiger partial charge in [0.2, 0.25) is 0 Å². The van der Waals surface area contributed by atoms with Gasteiger partial charge in [-0.2, -0.15) is 0 Å². The van der Waals surface area contributed by atoms with Crippen LogP contribution in [0.4, 0.5) is 10.1 Å². The molecule has 1 aliphatic rings. The molecule has 7 nitrogen and oxygen atoms in total. The Morgan fingerprint density at radius 1 is 1.24 bits per heavy atom. The topological polar surface area (TPSA) is 80.0 Å². The number of nitrogens with one attached hydrogen (secondary N) is 1. The number of nitro benzene ring substituents is 1. The van der Waals surface area contributed by atoms with Crippen LogP contribution in [-0.4, -0.2) is 42.0 Å². The van der Waals surface area contributed by atoms with Crippen LogP contribution in [0.3, 0.4) is 0 Å². The van der Waals surface area contributed by atoms with E-state index >= 15 is 0 Å². The fourth-order valence-electron chi connectivity index (χ4n) is 3.23. The Kier molecular flexibility index (Phi) is 8.32. The molecule has 0 aromatic heterocycles. The van der Waals surface area contributed by atoms with Crippen LogP contribution in [0.1, 0.15) is 24.2 Å². The zero-order valence-corrected chi connectivity index (χ0v) is 18.6. The molecular weight excluding hydrogens is 490 g/mol. The number of guanidine groups is 1. The smallest absolute Gasteiger partial charge is 0.269 e. The number of aliphatic imine (C=N–C) groups is 1. The lowest BCUT2D eigenvalue weighted by molar-refractivity contribution is -0.384. The third kappa shape index (κ3) is 6.10. The predicted molar refractivity (Wildman–Crippen MR) is 120 cm³/mol. The molecule has 2 aromatic rings. The third-order valence-corrected chi connectivity index (χ3v) is 4.61. The van der Waals surface area contributed by atoms with Crippen LogP contribution >= 0.6 is 24.0 Å². The quantitative estimate of drug-likeness (QED) is 0.220. The van der Waals surface area contributed by atoms with Crippen molar-refractivity contribution in [1.29, 1.82) is 0 Å². The molecule has 0 bridgehead atoms. The molecule has 2 unspecified atom stereocenters. The van der Waals surface area contributed by atoms with E-state index in [1.807, 2.05) is 6.92 Å². The number of rotatable bonds is 4. The van der Waals surface area contributed by atoms with Crippen molar-refractivity contribution < 1.29 is 14.1 Å². The minimum atomic E-state index is -0.416. The SMILES string of the molecule is CN=C(NCc1ccc([N+](=O)[O-])cc1)N1CC(C)OC(c2ccc(F)cc2)C1.I. The number of halogens is 2. The second-order valence-electron chi connectivity index (χ2n) is 6.72. The molecule has 1 aliphatic heterocycles. The van der Waals surface area contributed by atoms with Crippen molar-refractivity contribution in [3.63, 3.8) is 0 Å². The van der Waals surface area contributed by atoms with Gasteiger partial charge in [0.1, 0.15) is 11.9 Å². The first-order valence-corrected chi connectivity index (χ1v) is 9.06. The maximum absolute atomic E-state index is 13.2. The number of nitrogens with zero attached hydrogens (tertiary/aromatic N) is 3. The summed E-state index contributed by atoms with van der Waals surface area (Å²) in [5.74, 6) is 0.450. The summed E-state index contributed by atoms with van der Waals surface area (Å²) in [6.45, 7) is 3.76. The van der Waals surface area contributed by atoms with Crippen molar-refractivity contribution >= 4 is 35.6 Å². The lowest BCUT2D eigenvalue weighted by Crippen LogP contribution is -2.50. The number of non-ortho nitro benzene ring substituents is 1. The molecule has 0 aliphatic carbocycles. The summed E-state index contributed by atoms with van der Waals surface area (Å²) >= 11 is 0. The van der Waals surface area contributed by atoms with Crippen LogP contribution in [0.2, 0.25) is 0 Å². The Bertz CT molecular complexity index is 846. The fraction of sp³-hybridized carbons (Fsp3) is 0.350. The molecule has 9 heteroatoms. The van der Waals surface area contributed by atoms with Crippen LogP contribution in [0.15, 0.2) is 53.5 Å². The van der Waals surface area contributed by atoms with Crippen LogP contribution < -0.4 is 5.32 Å². The minimum Gasteiger partial charge on any atom is -0.367 e. The Morgan fingerprint density at radius 3 is 2.48 bits per heavy atom. The van der Waals surface area contributed by atoms with Crippen LogP contribution in [-0.2, 0) is 11.3 Å². The molecule has 1 N–H and O–H groups in total. The van der Waals surface area contributed by atoms with Crippen LogP contribution in [0.25, 0.3) is 0 Å². The Labute approximate surface area is 186 Å². The molecule has 29 heavy (non-hydrogen) atoms. The molecule has 2 atom stereocenters. The fourth-order valence-corrected chi connectivity index (χ4v) is 3.23. The zero-order valence-electron chi connectivity index (χ0n) is 16.2. The lowest BCUT2D eigenvalue weighted by Gasteiger charge is -2.38. The van der Waals surface area contributed by atoms with Crippen molar-refractivity contribution in [2.45, 2.75) is 25.7 Å². The Morgan fingerprint density at radius 2 is 1.90 bits per heavy atom. The first-order chi connectivity index (χ1) is 13.5. The molecule has 0 spiro atoms. The molecular formula is C20H24FIN4O3. The van der Waals surface area contributed by atoms with Gasteiger partial charge in [-0.25, -0.2) is 4.39 Å². The van der Waals surface area contributed by atoms with E-state index in [2.05, 4.69) is 15.2 Å².